The highest BCUT2D eigenvalue weighted by Crippen LogP contribution is 2.38. The summed E-state index contributed by atoms with van der Waals surface area (Å²) >= 11 is 0. The first-order valence-corrected chi connectivity index (χ1v) is 7.28. The Morgan fingerprint density at radius 1 is 1.21 bits per heavy atom. The largest absolute Gasteiger partial charge is 0.313 e. The van der Waals surface area contributed by atoms with Crippen LogP contribution in [0.25, 0.3) is 0 Å². The predicted octanol–water partition coefficient (Wildman–Crippen LogP) is 4.44. The van der Waals surface area contributed by atoms with Gasteiger partial charge in [-0.2, -0.15) is 0 Å². The lowest BCUT2D eigenvalue weighted by Gasteiger charge is -2.34. The molecule has 0 spiro atoms. The predicted molar refractivity (Wildman–Crippen MR) is 73.9 cm³/mol. The third kappa shape index (κ3) is 3.14. The fraction of sp³-hybridized carbons (Fsp3) is 0.625. The van der Waals surface area contributed by atoms with Crippen molar-refractivity contribution in [1.29, 1.82) is 0 Å². The minimum atomic E-state index is -0.750. The molecule has 1 aliphatic rings. The number of rotatable bonds is 4. The summed E-state index contributed by atoms with van der Waals surface area (Å²) in [6.07, 6.45) is 5.83. The number of hydrogen-bond donors (Lipinski definition) is 1. The Morgan fingerprint density at radius 2 is 1.89 bits per heavy atom. The molecule has 0 aromatic heterocycles. The lowest BCUT2D eigenvalue weighted by Crippen LogP contribution is -2.29. The van der Waals surface area contributed by atoms with Crippen LogP contribution in [0.4, 0.5) is 8.78 Å². The van der Waals surface area contributed by atoms with Crippen LogP contribution in [0.1, 0.15) is 50.6 Å². The lowest BCUT2D eigenvalue weighted by atomic mass is 9.76. The molecule has 1 atom stereocenters. The standard InChI is InChI=1S/C16H23F2N/c1-3-11-7-9-12(10-8-11)16(19-2)13-5-4-6-14(17)15(13)18/h4-6,11-12,16,19H,3,7-10H2,1-2H3. The van der Waals surface area contributed by atoms with Crippen molar-refractivity contribution in [3.8, 4) is 0 Å². The highest BCUT2D eigenvalue weighted by molar-refractivity contribution is 5.23. The van der Waals surface area contributed by atoms with Crippen LogP contribution in [0.2, 0.25) is 0 Å². The van der Waals surface area contributed by atoms with Gasteiger partial charge in [-0.1, -0.05) is 38.3 Å². The molecule has 0 aliphatic heterocycles. The van der Waals surface area contributed by atoms with Gasteiger partial charge < -0.3 is 5.32 Å². The van der Waals surface area contributed by atoms with Crippen molar-refractivity contribution in [2.24, 2.45) is 11.8 Å². The molecular formula is C16H23F2N. The number of halogens is 2. The Kier molecular flexibility index (Phi) is 4.92. The van der Waals surface area contributed by atoms with Crippen molar-refractivity contribution in [1.82, 2.24) is 5.32 Å². The van der Waals surface area contributed by atoms with Gasteiger partial charge in [-0.05, 0) is 37.8 Å². The summed E-state index contributed by atoms with van der Waals surface area (Å²) in [5, 5.41) is 3.18. The second-order valence-electron chi connectivity index (χ2n) is 5.60. The average Bonchev–Trinajstić information content (AvgIpc) is 2.45. The molecular weight excluding hydrogens is 244 g/mol. The zero-order valence-electron chi connectivity index (χ0n) is 11.8. The molecule has 2 rings (SSSR count). The summed E-state index contributed by atoms with van der Waals surface area (Å²) in [7, 11) is 1.83. The molecule has 1 nitrogen and oxygen atoms in total. The molecule has 1 fully saturated rings. The summed E-state index contributed by atoms with van der Waals surface area (Å²) < 4.78 is 27.3. The molecule has 1 aromatic rings. The van der Waals surface area contributed by atoms with Gasteiger partial charge in [-0.25, -0.2) is 8.78 Å². The zero-order chi connectivity index (χ0) is 13.8. The van der Waals surface area contributed by atoms with Gasteiger partial charge >= 0.3 is 0 Å². The first kappa shape index (κ1) is 14.4. The van der Waals surface area contributed by atoms with Crippen LogP contribution in [-0.4, -0.2) is 7.05 Å². The maximum absolute atomic E-state index is 13.9. The highest BCUT2D eigenvalue weighted by atomic mass is 19.2. The molecule has 1 unspecified atom stereocenters. The van der Waals surface area contributed by atoms with Gasteiger partial charge in [0.05, 0.1) is 0 Å². The van der Waals surface area contributed by atoms with Crippen molar-refractivity contribution in [2.75, 3.05) is 7.05 Å². The van der Waals surface area contributed by atoms with E-state index in [0.717, 1.165) is 18.8 Å². The summed E-state index contributed by atoms with van der Waals surface area (Å²) in [5.74, 6) is -0.227. The Bertz CT molecular complexity index is 411. The van der Waals surface area contributed by atoms with E-state index in [2.05, 4.69) is 12.2 Å². The van der Waals surface area contributed by atoms with Crippen LogP contribution >= 0.6 is 0 Å². The Morgan fingerprint density at radius 3 is 2.47 bits per heavy atom. The SMILES string of the molecule is CCC1CCC(C(NC)c2cccc(F)c2F)CC1. The Balaban J connectivity index is 2.14. The fourth-order valence-electron chi connectivity index (χ4n) is 3.34. The van der Waals surface area contributed by atoms with Crippen LogP contribution in [0.5, 0.6) is 0 Å². The third-order valence-electron chi connectivity index (χ3n) is 4.57. The number of hydrogen-bond acceptors (Lipinski definition) is 1. The van der Waals surface area contributed by atoms with Crippen LogP contribution < -0.4 is 5.32 Å². The molecule has 1 aliphatic carbocycles. The van der Waals surface area contributed by atoms with Gasteiger partial charge in [0.2, 0.25) is 0 Å². The molecule has 0 saturated heterocycles. The van der Waals surface area contributed by atoms with Crippen LogP contribution in [0.15, 0.2) is 18.2 Å². The molecule has 1 N–H and O–H groups in total. The molecule has 0 radical (unpaired) electrons. The second-order valence-corrected chi connectivity index (χ2v) is 5.60. The zero-order valence-corrected chi connectivity index (χ0v) is 11.8. The van der Waals surface area contributed by atoms with Crippen LogP contribution in [0.3, 0.4) is 0 Å². The monoisotopic (exact) mass is 267 g/mol. The van der Waals surface area contributed by atoms with Gasteiger partial charge in [0.25, 0.3) is 0 Å². The average molecular weight is 267 g/mol. The van der Waals surface area contributed by atoms with E-state index in [0.29, 0.717) is 11.5 Å². The minimum absolute atomic E-state index is 0.0755. The van der Waals surface area contributed by atoms with E-state index < -0.39 is 11.6 Å². The van der Waals surface area contributed by atoms with Crippen LogP contribution in [-0.2, 0) is 0 Å². The first-order chi connectivity index (χ1) is 9.17. The van der Waals surface area contributed by atoms with E-state index in [9.17, 15) is 8.78 Å². The summed E-state index contributed by atoms with van der Waals surface area (Å²) in [5.41, 5.74) is 0.474. The maximum Gasteiger partial charge on any atom is 0.163 e. The van der Waals surface area contributed by atoms with Gasteiger partial charge in [-0.3, -0.25) is 0 Å². The third-order valence-corrected chi connectivity index (χ3v) is 4.57. The van der Waals surface area contributed by atoms with E-state index in [4.69, 9.17) is 0 Å². The van der Waals surface area contributed by atoms with E-state index >= 15 is 0 Å². The smallest absolute Gasteiger partial charge is 0.163 e. The van der Waals surface area contributed by atoms with Gasteiger partial charge in [0.1, 0.15) is 0 Å². The highest BCUT2D eigenvalue weighted by Gasteiger charge is 2.29. The molecule has 0 heterocycles. The molecule has 0 bridgehead atoms. The molecule has 0 amide bonds. The molecule has 19 heavy (non-hydrogen) atoms. The molecule has 1 saturated carbocycles. The van der Waals surface area contributed by atoms with Crippen molar-refractivity contribution < 1.29 is 8.78 Å². The van der Waals surface area contributed by atoms with Gasteiger partial charge in [-0.15, -0.1) is 0 Å². The van der Waals surface area contributed by atoms with Crippen molar-refractivity contribution in [2.45, 2.75) is 45.1 Å². The summed E-state index contributed by atoms with van der Waals surface area (Å²) in [6, 6.07) is 4.40. The minimum Gasteiger partial charge on any atom is -0.313 e. The van der Waals surface area contributed by atoms with E-state index in [1.54, 1.807) is 12.1 Å². The van der Waals surface area contributed by atoms with E-state index in [1.165, 1.54) is 25.3 Å². The number of nitrogens with one attached hydrogen (secondary N) is 1. The fourth-order valence-corrected chi connectivity index (χ4v) is 3.34. The van der Waals surface area contributed by atoms with Gasteiger partial charge in [0, 0.05) is 11.6 Å². The van der Waals surface area contributed by atoms with Gasteiger partial charge in [0.15, 0.2) is 11.6 Å². The number of benzene rings is 1. The lowest BCUT2D eigenvalue weighted by molar-refractivity contribution is 0.221. The normalized spacial score (nSPS) is 25.3. The molecule has 3 heteroatoms. The van der Waals surface area contributed by atoms with E-state index in [-0.39, 0.29) is 6.04 Å². The first-order valence-electron chi connectivity index (χ1n) is 7.28. The Labute approximate surface area is 114 Å². The Hall–Kier alpha value is -0.960. The molecule has 1 aromatic carbocycles. The van der Waals surface area contributed by atoms with Crippen molar-refractivity contribution in [3.05, 3.63) is 35.4 Å². The second kappa shape index (κ2) is 6.47. The topological polar surface area (TPSA) is 12.0 Å². The van der Waals surface area contributed by atoms with Crippen molar-refractivity contribution in [3.63, 3.8) is 0 Å². The summed E-state index contributed by atoms with van der Waals surface area (Å²) in [4.78, 5) is 0. The summed E-state index contributed by atoms with van der Waals surface area (Å²) in [6.45, 7) is 2.23. The maximum atomic E-state index is 13.9. The van der Waals surface area contributed by atoms with Crippen LogP contribution in [0, 0.1) is 23.5 Å². The van der Waals surface area contributed by atoms with Crippen molar-refractivity contribution >= 4 is 0 Å². The van der Waals surface area contributed by atoms with E-state index in [1.807, 2.05) is 7.05 Å². The molecule has 106 valence electrons. The quantitative estimate of drug-likeness (QED) is 0.850.